The third-order valence-electron chi connectivity index (χ3n) is 3.16. The summed E-state index contributed by atoms with van der Waals surface area (Å²) in [7, 11) is 0. The number of carbonyl (C=O) groups excluding carboxylic acids is 1. The molecule has 0 aromatic rings. The minimum absolute atomic E-state index is 0.210. The Morgan fingerprint density at radius 1 is 1.50 bits per heavy atom. The largest absolute Gasteiger partial charge is 0.460 e. The van der Waals surface area contributed by atoms with Crippen molar-refractivity contribution < 1.29 is 23.7 Å². The molecule has 1 heterocycles. The Kier molecular flexibility index (Phi) is 6.62. The normalized spacial score (nSPS) is 22.9. The lowest BCUT2D eigenvalue weighted by Gasteiger charge is -2.32. The highest BCUT2D eigenvalue weighted by Gasteiger charge is 2.39. The molecule has 5 heteroatoms. The van der Waals surface area contributed by atoms with E-state index in [1.54, 1.807) is 26.8 Å². The molecule has 4 nitrogen and oxygen atoms in total. The van der Waals surface area contributed by atoms with Gasteiger partial charge in [-0.3, -0.25) is 4.79 Å². The van der Waals surface area contributed by atoms with Crippen molar-refractivity contribution in [3.8, 4) is 0 Å². The summed E-state index contributed by atoms with van der Waals surface area (Å²) in [6.07, 6.45) is 1.79. The molecule has 3 unspecified atom stereocenters. The van der Waals surface area contributed by atoms with Crippen LogP contribution in [0.5, 0.6) is 0 Å². The van der Waals surface area contributed by atoms with Gasteiger partial charge in [-0.1, -0.05) is 6.08 Å². The molecule has 0 bridgehead atoms. The zero-order chi connectivity index (χ0) is 15.2. The molecule has 0 saturated carbocycles. The van der Waals surface area contributed by atoms with E-state index in [1.807, 2.05) is 0 Å². The number of alkyl halides is 1. The van der Waals surface area contributed by atoms with Gasteiger partial charge in [0.25, 0.3) is 0 Å². The lowest BCUT2D eigenvalue weighted by molar-refractivity contribution is -0.328. The van der Waals surface area contributed by atoms with E-state index in [4.69, 9.17) is 14.5 Å². The molecule has 3 atom stereocenters. The molecular weight excluding hydrogens is 263 g/mol. The van der Waals surface area contributed by atoms with Crippen LogP contribution in [0.15, 0.2) is 12.7 Å². The predicted molar refractivity (Wildman–Crippen MR) is 73.7 cm³/mol. The topological polar surface area (TPSA) is 44.8 Å². The second-order valence-corrected chi connectivity index (χ2v) is 6.10. The number of allylic oxidation sites excluding steroid dienone is 1. The standard InChI is InChI=1S/C15H25FO4/c1-5-6-7-12(16)13(11-8-9-18-19-10-11)14(17)20-15(2,3)4/h5,11-13H,1,6-10H2,2-4H3. The maximum Gasteiger partial charge on any atom is 0.312 e. The van der Waals surface area contributed by atoms with Crippen molar-refractivity contribution in [2.75, 3.05) is 13.2 Å². The maximum atomic E-state index is 14.4. The first kappa shape index (κ1) is 17.1. The Balaban J connectivity index is 2.76. The highest BCUT2D eigenvalue weighted by molar-refractivity contribution is 5.74. The number of rotatable bonds is 6. The number of hydrogen-bond acceptors (Lipinski definition) is 4. The summed E-state index contributed by atoms with van der Waals surface area (Å²) in [6.45, 7) is 9.51. The van der Waals surface area contributed by atoms with Gasteiger partial charge in [0.2, 0.25) is 0 Å². The van der Waals surface area contributed by atoms with E-state index in [0.717, 1.165) is 0 Å². The van der Waals surface area contributed by atoms with E-state index < -0.39 is 23.7 Å². The molecule has 20 heavy (non-hydrogen) atoms. The fourth-order valence-corrected chi connectivity index (χ4v) is 2.22. The molecule has 1 aliphatic heterocycles. The van der Waals surface area contributed by atoms with E-state index in [-0.39, 0.29) is 18.9 Å². The van der Waals surface area contributed by atoms with E-state index in [1.165, 1.54) is 0 Å². The van der Waals surface area contributed by atoms with Gasteiger partial charge in [-0.05, 0) is 40.0 Å². The Morgan fingerprint density at radius 2 is 2.20 bits per heavy atom. The summed E-state index contributed by atoms with van der Waals surface area (Å²) in [5.74, 6) is -1.51. The van der Waals surface area contributed by atoms with Gasteiger partial charge in [-0.2, -0.15) is 0 Å². The monoisotopic (exact) mass is 288 g/mol. The van der Waals surface area contributed by atoms with Crippen LogP contribution in [0.4, 0.5) is 4.39 Å². The third-order valence-corrected chi connectivity index (χ3v) is 3.16. The van der Waals surface area contributed by atoms with Gasteiger partial charge in [0.15, 0.2) is 0 Å². The molecule has 1 aliphatic rings. The number of carbonyl (C=O) groups is 1. The molecule has 0 radical (unpaired) electrons. The third kappa shape index (κ3) is 5.59. The smallest absolute Gasteiger partial charge is 0.312 e. The quantitative estimate of drug-likeness (QED) is 0.428. The lowest BCUT2D eigenvalue weighted by atomic mass is 9.84. The van der Waals surface area contributed by atoms with Crippen LogP contribution in [0.2, 0.25) is 0 Å². The second-order valence-electron chi connectivity index (χ2n) is 6.10. The molecule has 0 aliphatic carbocycles. The van der Waals surface area contributed by atoms with Crippen molar-refractivity contribution in [1.29, 1.82) is 0 Å². The average molecular weight is 288 g/mol. The van der Waals surface area contributed by atoms with E-state index in [2.05, 4.69) is 6.58 Å². The zero-order valence-corrected chi connectivity index (χ0v) is 12.6. The van der Waals surface area contributed by atoms with Crippen LogP contribution in [0, 0.1) is 11.8 Å². The fourth-order valence-electron chi connectivity index (χ4n) is 2.22. The molecule has 0 amide bonds. The minimum atomic E-state index is -1.26. The lowest BCUT2D eigenvalue weighted by Crippen LogP contribution is -2.41. The number of ether oxygens (including phenoxy) is 1. The summed E-state index contributed by atoms with van der Waals surface area (Å²) in [5, 5.41) is 0. The SMILES string of the molecule is C=CCCC(F)C(C(=O)OC(C)(C)C)C1CCOOC1. The molecule has 1 fully saturated rings. The van der Waals surface area contributed by atoms with Crippen molar-refractivity contribution in [3.63, 3.8) is 0 Å². The summed E-state index contributed by atoms with van der Waals surface area (Å²) < 4.78 is 19.8. The highest BCUT2D eigenvalue weighted by atomic mass is 19.1. The van der Waals surface area contributed by atoms with E-state index in [9.17, 15) is 9.18 Å². The number of esters is 1. The maximum absolute atomic E-state index is 14.4. The summed E-state index contributed by atoms with van der Waals surface area (Å²) >= 11 is 0. The van der Waals surface area contributed by atoms with Gasteiger partial charge in [-0.15, -0.1) is 6.58 Å². The molecule has 0 aromatic carbocycles. The van der Waals surface area contributed by atoms with Crippen LogP contribution in [-0.2, 0) is 19.3 Å². The predicted octanol–water partition coefficient (Wildman–Crippen LogP) is 3.22. The number of halogens is 1. The van der Waals surface area contributed by atoms with Gasteiger partial charge in [0.1, 0.15) is 11.8 Å². The van der Waals surface area contributed by atoms with E-state index >= 15 is 0 Å². The zero-order valence-electron chi connectivity index (χ0n) is 12.6. The molecule has 0 N–H and O–H groups in total. The van der Waals surface area contributed by atoms with Crippen LogP contribution in [0.3, 0.4) is 0 Å². The molecule has 0 spiro atoms. The first-order valence-corrected chi connectivity index (χ1v) is 7.07. The molecule has 1 rings (SSSR count). The average Bonchev–Trinajstić information content (AvgIpc) is 2.35. The van der Waals surface area contributed by atoms with Crippen LogP contribution in [0.25, 0.3) is 0 Å². The molecule has 116 valence electrons. The second kappa shape index (κ2) is 7.74. The minimum Gasteiger partial charge on any atom is -0.460 e. The Morgan fingerprint density at radius 3 is 2.70 bits per heavy atom. The number of hydrogen-bond donors (Lipinski definition) is 0. The fraction of sp³-hybridized carbons (Fsp3) is 0.800. The molecule has 1 saturated heterocycles. The van der Waals surface area contributed by atoms with E-state index in [0.29, 0.717) is 19.4 Å². The Labute approximate surface area is 120 Å². The molecular formula is C15H25FO4. The van der Waals surface area contributed by atoms with Crippen molar-refractivity contribution in [1.82, 2.24) is 0 Å². The summed E-state index contributed by atoms with van der Waals surface area (Å²) in [6, 6.07) is 0. The van der Waals surface area contributed by atoms with Gasteiger partial charge in [-0.25, -0.2) is 14.2 Å². The molecule has 0 aromatic heterocycles. The van der Waals surface area contributed by atoms with Crippen LogP contribution in [-0.4, -0.2) is 31.0 Å². The Hall–Kier alpha value is -0.940. The van der Waals surface area contributed by atoms with Gasteiger partial charge < -0.3 is 4.74 Å². The highest BCUT2D eigenvalue weighted by Crippen LogP contribution is 2.30. The van der Waals surface area contributed by atoms with Gasteiger partial charge in [0, 0.05) is 5.92 Å². The van der Waals surface area contributed by atoms with Crippen LogP contribution in [0.1, 0.15) is 40.0 Å². The van der Waals surface area contributed by atoms with Crippen molar-refractivity contribution in [3.05, 3.63) is 12.7 Å². The van der Waals surface area contributed by atoms with Crippen LogP contribution < -0.4 is 0 Å². The van der Waals surface area contributed by atoms with Crippen LogP contribution >= 0.6 is 0 Å². The van der Waals surface area contributed by atoms with Crippen molar-refractivity contribution >= 4 is 5.97 Å². The first-order chi connectivity index (χ1) is 9.35. The van der Waals surface area contributed by atoms with Crippen molar-refractivity contribution in [2.24, 2.45) is 11.8 Å². The summed E-state index contributed by atoms with van der Waals surface area (Å²) in [5.41, 5.74) is -0.625. The van der Waals surface area contributed by atoms with Crippen molar-refractivity contribution in [2.45, 2.75) is 51.8 Å². The van der Waals surface area contributed by atoms with Gasteiger partial charge >= 0.3 is 5.97 Å². The van der Waals surface area contributed by atoms with Gasteiger partial charge in [0.05, 0.1) is 19.1 Å². The first-order valence-electron chi connectivity index (χ1n) is 7.07. The Bertz CT molecular complexity index is 318. The summed E-state index contributed by atoms with van der Waals surface area (Å²) in [4.78, 5) is 22.0.